The zero-order chi connectivity index (χ0) is 17.3. The lowest BCUT2D eigenvalue weighted by Gasteiger charge is -2.23. The molecule has 2 heterocycles. The van der Waals surface area contributed by atoms with Gasteiger partial charge in [0.2, 0.25) is 0 Å². The zero-order valence-electron chi connectivity index (χ0n) is 12.6. The quantitative estimate of drug-likeness (QED) is 0.786. The molecule has 1 aliphatic heterocycles. The molecule has 0 saturated carbocycles. The molecule has 1 aromatic carbocycles. The molecule has 126 valence electrons. The van der Waals surface area contributed by atoms with Crippen molar-refractivity contribution in [1.29, 1.82) is 5.41 Å². The first-order valence-electron chi connectivity index (χ1n) is 7.22. The van der Waals surface area contributed by atoms with Gasteiger partial charge in [0.05, 0.1) is 18.2 Å². The van der Waals surface area contributed by atoms with Crippen molar-refractivity contribution < 1.29 is 13.9 Å². The third kappa shape index (κ3) is 3.24. The molecule has 0 aliphatic carbocycles. The third-order valence-electron chi connectivity index (χ3n) is 3.69. The lowest BCUT2D eigenvalue weighted by atomic mass is 10.1. The van der Waals surface area contributed by atoms with Crippen molar-refractivity contribution in [2.45, 2.75) is 12.5 Å². The number of hydrogen-bond acceptors (Lipinski definition) is 5. The summed E-state index contributed by atoms with van der Waals surface area (Å²) in [6.07, 6.45) is 1.96. The molecule has 9 heteroatoms. The minimum atomic E-state index is -0.679. The predicted molar refractivity (Wildman–Crippen MR) is 87.6 cm³/mol. The molecule has 2 aromatic rings. The SMILES string of the molecule is N=C1CCOC[C@@H]1n1cc(C(N)=O)c(Nc2ccc(Cl)c(F)c2)n1. The summed E-state index contributed by atoms with van der Waals surface area (Å²) >= 11 is 5.65. The van der Waals surface area contributed by atoms with Gasteiger partial charge in [-0.1, -0.05) is 11.6 Å². The molecule has 0 bridgehead atoms. The van der Waals surface area contributed by atoms with Crippen LogP contribution >= 0.6 is 11.6 Å². The number of carbonyl (C=O) groups excluding carboxylic acids is 1. The van der Waals surface area contributed by atoms with Gasteiger partial charge in [-0.15, -0.1) is 0 Å². The van der Waals surface area contributed by atoms with Crippen LogP contribution in [0.3, 0.4) is 0 Å². The lowest BCUT2D eigenvalue weighted by Crippen LogP contribution is -2.30. The molecule has 1 atom stereocenters. The van der Waals surface area contributed by atoms with Crippen molar-refractivity contribution in [3.8, 4) is 0 Å². The summed E-state index contributed by atoms with van der Waals surface area (Å²) in [6.45, 7) is 0.794. The topological polar surface area (TPSA) is 106 Å². The monoisotopic (exact) mass is 351 g/mol. The van der Waals surface area contributed by atoms with E-state index in [1.807, 2.05) is 0 Å². The lowest BCUT2D eigenvalue weighted by molar-refractivity contribution is 0.0996. The number of carbonyl (C=O) groups is 1. The molecule has 1 saturated heterocycles. The minimum Gasteiger partial charge on any atom is -0.378 e. The van der Waals surface area contributed by atoms with Crippen LogP contribution in [-0.4, -0.2) is 34.6 Å². The maximum absolute atomic E-state index is 13.6. The first kappa shape index (κ1) is 16.4. The number of hydrogen-bond donors (Lipinski definition) is 3. The largest absolute Gasteiger partial charge is 0.378 e. The minimum absolute atomic E-state index is 0.00555. The van der Waals surface area contributed by atoms with E-state index in [-0.39, 0.29) is 16.4 Å². The van der Waals surface area contributed by atoms with Crippen molar-refractivity contribution in [3.63, 3.8) is 0 Å². The Labute approximate surface area is 142 Å². The summed E-state index contributed by atoms with van der Waals surface area (Å²) in [6, 6.07) is 3.75. The second kappa shape index (κ2) is 6.58. The maximum atomic E-state index is 13.6. The standard InChI is InChI=1S/C15H15ClFN5O2/c16-10-2-1-8(5-11(10)17)20-15-9(14(19)23)6-22(21-15)13-7-24-4-3-12(13)18/h1-2,5-6,13,18H,3-4,7H2,(H2,19,23)(H,20,21)/t13-/m0/s1. The second-order valence-electron chi connectivity index (χ2n) is 5.36. The predicted octanol–water partition coefficient (Wildman–Crippen LogP) is 2.50. The molecule has 1 aliphatic rings. The van der Waals surface area contributed by atoms with E-state index < -0.39 is 17.8 Å². The number of ether oxygens (including phenoxy) is 1. The highest BCUT2D eigenvalue weighted by Crippen LogP contribution is 2.25. The number of nitrogens with two attached hydrogens (primary N) is 1. The number of primary amides is 1. The first-order valence-corrected chi connectivity index (χ1v) is 7.59. The number of nitrogens with one attached hydrogen (secondary N) is 2. The van der Waals surface area contributed by atoms with Gasteiger partial charge in [0.15, 0.2) is 5.82 Å². The van der Waals surface area contributed by atoms with E-state index in [1.165, 1.54) is 23.0 Å². The Balaban J connectivity index is 1.92. The number of rotatable bonds is 4. The molecular weight excluding hydrogens is 337 g/mol. The fraction of sp³-hybridized carbons (Fsp3) is 0.267. The summed E-state index contributed by atoms with van der Waals surface area (Å²) in [5.41, 5.74) is 6.37. The number of benzene rings is 1. The van der Waals surface area contributed by atoms with Crippen molar-refractivity contribution in [2.75, 3.05) is 18.5 Å². The van der Waals surface area contributed by atoms with Crippen LogP contribution in [0.5, 0.6) is 0 Å². The summed E-state index contributed by atoms with van der Waals surface area (Å²) < 4.78 is 20.4. The van der Waals surface area contributed by atoms with E-state index in [2.05, 4.69) is 10.4 Å². The molecule has 1 amide bonds. The van der Waals surface area contributed by atoms with E-state index >= 15 is 0 Å². The molecule has 1 fully saturated rings. The number of anilines is 2. The molecule has 4 N–H and O–H groups in total. The molecule has 0 spiro atoms. The van der Waals surface area contributed by atoms with E-state index in [0.717, 1.165) is 0 Å². The highest BCUT2D eigenvalue weighted by atomic mass is 35.5. The van der Waals surface area contributed by atoms with Crippen molar-refractivity contribution >= 4 is 34.7 Å². The number of amides is 1. The van der Waals surface area contributed by atoms with Gasteiger partial charge >= 0.3 is 0 Å². The van der Waals surface area contributed by atoms with Crippen LogP contribution in [-0.2, 0) is 4.74 Å². The van der Waals surface area contributed by atoms with Gasteiger partial charge in [-0.2, -0.15) is 5.10 Å². The van der Waals surface area contributed by atoms with Gasteiger partial charge in [0.25, 0.3) is 5.91 Å². The van der Waals surface area contributed by atoms with E-state index in [9.17, 15) is 9.18 Å². The molecule has 0 radical (unpaired) electrons. The second-order valence-corrected chi connectivity index (χ2v) is 5.76. The molecule has 3 rings (SSSR count). The van der Waals surface area contributed by atoms with E-state index in [0.29, 0.717) is 31.0 Å². The Kier molecular flexibility index (Phi) is 4.50. The van der Waals surface area contributed by atoms with Crippen molar-refractivity contribution in [1.82, 2.24) is 9.78 Å². The smallest absolute Gasteiger partial charge is 0.254 e. The number of aromatic nitrogens is 2. The highest BCUT2D eigenvalue weighted by Gasteiger charge is 2.25. The normalized spacial score (nSPS) is 17.8. The molecule has 24 heavy (non-hydrogen) atoms. The summed E-state index contributed by atoms with van der Waals surface area (Å²) in [5, 5.41) is 15.1. The van der Waals surface area contributed by atoms with Gasteiger partial charge in [0.1, 0.15) is 17.4 Å². The Morgan fingerprint density at radius 2 is 2.33 bits per heavy atom. The van der Waals surface area contributed by atoms with Crippen LogP contribution < -0.4 is 11.1 Å². The molecule has 0 unspecified atom stereocenters. The Bertz CT molecular complexity index is 807. The van der Waals surface area contributed by atoms with Crippen molar-refractivity contribution in [3.05, 3.63) is 40.8 Å². The Morgan fingerprint density at radius 1 is 1.54 bits per heavy atom. The average Bonchev–Trinajstić information content (AvgIpc) is 2.95. The van der Waals surface area contributed by atoms with Crippen LogP contribution in [0, 0.1) is 11.2 Å². The Hall–Kier alpha value is -2.45. The summed E-state index contributed by atoms with van der Waals surface area (Å²) in [4.78, 5) is 11.7. The molecule has 7 nitrogen and oxygen atoms in total. The third-order valence-corrected chi connectivity index (χ3v) is 4.00. The van der Waals surface area contributed by atoms with Crippen LogP contribution in [0.25, 0.3) is 0 Å². The van der Waals surface area contributed by atoms with Gasteiger partial charge in [-0.3, -0.25) is 9.48 Å². The fourth-order valence-corrected chi connectivity index (χ4v) is 2.53. The van der Waals surface area contributed by atoms with Crippen LogP contribution in [0.2, 0.25) is 5.02 Å². The summed E-state index contributed by atoms with van der Waals surface area (Å²) in [7, 11) is 0. The number of halogens is 2. The summed E-state index contributed by atoms with van der Waals surface area (Å²) in [5.74, 6) is -1.09. The maximum Gasteiger partial charge on any atom is 0.254 e. The van der Waals surface area contributed by atoms with Gasteiger partial charge in [-0.05, 0) is 18.2 Å². The van der Waals surface area contributed by atoms with Crippen LogP contribution in [0.15, 0.2) is 24.4 Å². The zero-order valence-corrected chi connectivity index (χ0v) is 13.3. The van der Waals surface area contributed by atoms with Crippen LogP contribution in [0.4, 0.5) is 15.9 Å². The van der Waals surface area contributed by atoms with Gasteiger partial charge in [-0.25, -0.2) is 4.39 Å². The molecule has 1 aromatic heterocycles. The van der Waals surface area contributed by atoms with Crippen molar-refractivity contribution in [2.24, 2.45) is 5.73 Å². The fourth-order valence-electron chi connectivity index (χ4n) is 2.41. The van der Waals surface area contributed by atoms with Gasteiger partial charge < -0.3 is 21.2 Å². The highest BCUT2D eigenvalue weighted by molar-refractivity contribution is 6.30. The molecular formula is C15H15ClFN5O2. The van der Waals surface area contributed by atoms with E-state index in [1.54, 1.807) is 6.07 Å². The van der Waals surface area contributed by atoms with Crippen LogP contribution in [0.1, 0.15) is 22.8 Å². The van der Waals surface area contributed by atoms with E-state index in [4.69, 9.17) is 27.5 Å². The average molecular weight is 352 g/mol. The van der Waals surface area contributed by atoms with Gasteiger partial charge in [0, 0.05) is 24.0 Å². The first-order chi connectivity index (χ1) is 11.5. The Morgan fingerprint density at radius 3 is 3.00 bits per heavy atom. The number of nitrogens with zero attached hydrogens (tertiary/aromatic N) is 2.